The van der Waals surface area contributed by atoms with Crippen molar-refractivity contribution in [3.63, 3.8) is 0 Å². The lowest BCUT2D eigenvalue weighted by Crippen LogP contribution is -3.06. The second kappa shape index (κ2) is 5.88. The molecule has 0 aromatic heterocycles. The lowest BCUT2D eigenvalue weighted by atomic mass is 10.2. The number of nitrogens with one attached hydrogen (secondary N) is 2. The molecule has 15 heavy (non-hydrogen) atoms. The van der Waals surface area contributed by atoms with Gasteiger partial charge in [0.2, 0.25) is 0 Å². The molecule has 0 unspecified atom stereocenters. The molecule has 82 valence electrons. The molecule has 1 amide bonds. The van der Waals surface area contributed by atoms with Crippen molar-refractivity contribution in [3.05, 3.63) is 34.3 Å². The molecule has 0 aliphatic heterocycles. The third-order valence-corrected chi connectivity index (χ3v) is 2.55. The van der Waals surface area contributed by atoms with Crippen molar-refractivity contribution in [1.82, 2.24) is 5.32 Å². The summed E-state index contributed by atoms with van der Waals surface area (Å²) in [7, 11) is 4.12. The van der Waals surface area contributed by atoms with E-state index in [1.54, 1.807) is 0 Å². The third kappa shape index (κ3) is 4.44. The number of hydrogen-bond acceptors (Lipinski definition) is 1. The van der Waals surface area contributed by atoms with Gasteiger partial charge in [-0.2, -0.15) is 0 Å². The molecule has 0 aliphatic rings. The smallest absolute Gasteiger partial charge is 0.251 e. The standard InChI is InChI=1S/C11H15BrN2O/c1-14(2)8-7-13-11(15)9-3-5-10(12)6-4-9/h3-6H,7-8H2,1-2H3,(H,13,15)/p+1. The summed E-state index contributed by atoms with van der Waals surface area (Å²) in [6.45, 7) is 1.64. The van der Waals surface area contributed by atoms with E-state index in [1.807, 2.05) is 24.3 Å². The van der Waals surface area contributed by atoms with Gasteiger partial charge in [-0.3, -0.25) is 4.79 Å². The predicted octanol–water partition coefficient (Wildman–Crippen LogP) is 0.323. The molecule has 0 saturated heterocycles. The van der Waals surface area contributed by atoms with Gasteiger partial charge in [0, 0.05) is 10.0 Å². The Bertz CT molecular complexity index is 322. The number of likely N-dealkylation sites (N-methyl/N-ethyl adjacent to an activating group) is 1. The zero-order valence-electron chi connectivity index (χ0n) is 9.01. The van der Waals surface area contributed by atoms with E-state index in [4.69, 9.17) is 0 Å². The fourth-order valence-corrected chi connectivity index (χ4v) is 1.39. The van der Waals surface area contributed by atoms with E-state index < -0.39 is 0 Å². The summed E-state index contributed by atoms with van der Waals surface area (Å²) < 4.78 is 0.983. The Kier molecular flexibility index (Phi) is 4.78. The van der Waals surface area contributed by atoms with E-state index in [0.29, 0.717) is 12.1 Å². The van der Waals surface area contributed by atoms with Gasteiger partial charge >= 0.3 is 0 Å². The Morgan fingerprint density at radius 3 is 2.47 bits per heavy atom. The Labute approximate surface area is 98.6 Å². The van der Waals surface area contributed by atoms with Crippen molar-refractivity contribution in [2.24, 2.45) is 0 Å². The Hall–Kier alpha value is -0.870. The highest BCUT2D eigenvalue weighted by atomic mass is 79.9. The summed E-state index contributed by atoms with van der Waals surface area (Å²) in [6.07, 6.45) is 0. The molecule has 0 bridgehead atoms. The number of carbonyl (C=O) groups is 1. The molecule has 0 spiro atoms. The number of quaternary nitrogens is 1. The molecule has 0 aliphatic carbocycles. The number of benzene rings is 1. The topological polar surface area (TPSA) is 33.5 Å². The maximum atomic E-state index is 11.6. The molecule has 0 saturated carbocycles. The zero-order chi connectivity index (χ0) is 11.3. The second-order valence-corrected chi connectivity index (χ2v) is 4.64. The minimum atomic E-state index is -0.0104. The average Bonchev–Trinajstić information content (AvgIpc) is 2.18. The van der Waals surface area contributed by atoms with E-state index in [-0.39, 0.29) is 5.91 Å². The van der Waals surface area contributed by atoms with Crippen LogP contribution in [0, 0.1) is 0 Å². The van der Waals surface area contributed by atoms with Crippen LogP contribution in [-0.4, -0.2) is 33.1 Å². The predicted molar refractivity (Wildman–Crippen MR) is 64.2 cm³/mol. The lowest BCUT2D eigenvalue weighted by Gasteiger charge is -2.08. The van der Waals surface area contributed by atoms with Gasteiger partial charge in [0.05, 0.1) is 27.2 Å². The van der Waals surface area contributed by atoms with E-state index in [9.17, 15) is 4.79 Å². The van der Waals surface area contributed by atoms with Crippen molar-refractivity contribution in [3.8, 4) is 0 Å². The summed E-state index contributed by atoms with van der Waals surface area (Å²) in [5.74, 6) is -0.0104. The summed E-state index contributed by atoms with van der Waals surface area (Å²) in [6, 6.07) is 7.35. The highest BCUT2D eigenvalue weighted by molar-refractivity contribution is 9.10. The summed E-state index contributed by atoms with van der Waals surface area (Å²) in [4.78, 5) is 12.9. The van der Waals surface area contributed by atoms with Crippen LogP contribution in [0.15, 0.2) is 28.7 Å². The van der Waals surface area contributed by atoms with Gasteiger partial charge in [-0.25, -0.2) is 0 Å². The number of halogens is 1. The summed E-state index contributed by atoms with van der Waals surface area (Å²) in [5.41, 5.74) is 0.701. The van der Waals surface area contributed by atoms with Gasteiger partial charge in [0.1, 0.15) is 0 Å². The molecule has 1 rings (SSSR count). The van der Waals surface area contributed by atoms with Gasteiger partial charge in [-0.15, -0.1) is 0 Å². The monoisotopic (exact) mass is 271 g/mol. The van der Waals surface area contributed by atoms with Gasteiger partial charge in [0.15, 0.2) is 0 Å². The number of hydrogen-bond donors (Lipinski definition) is 2. The molecule has 3 nitrogen and oxygen atoms in total. The van der Waals surface area contributed by atoms with E-state index in [2.05, 4.69) is 35.3 Å². The van der Waals surface area contributed by atoms with Crippen molar-refractivity contribution >= 4 is 21.8 Å². The van der Waals surface area contributed by atoms with Crippen molar-refractivity contribution in [2.45, 2.75) is 0 Å². The van der Waals surface area contributed by atoms with Gasteiger partial charge in [0.25, 0.3) is 5.91 Å². The van der Waals surface area contributed by atoms with Gasteiger partial charge < -0.3 is 10.2 Å². The van der Waals surface area contributed by atoms with Crippen LogP contribution >= 0.6 is 15.9 Å². The normalized spacial score (nSPS) is 10.4. The average molecular weight is 272 g/mol. The third-order valence-electron chi connectivity index (χ3n) is 2.02. The first-order valence-corrected chi connectivity index (χ1v) is 5.71. The molecule has 4 heteroatoms. The second-order valence-electron chi connectivity index (χ2n) is 3.72. The van der Waals surface area contributed by atoms with Gasteiger partial charge in [-0.1, -0.05) is 15.9 Å². The van der Waals surface area contributed by atoms with E-state index >= 15 is 0 Å². The number of rotatable bonds is 4. The van der Waals surface area contributed by atoms with Crippen LogP contribution in [0.4, 0.5) is 0 Å². The molecule has 1 aromatic rings. The molecule has 0 atom stereocenters. The molecular formula is C11H16BrN2O+. The molecule has 0 heterocycles. The first-order chi connectivity index (χ1) is 7.09. The van der Waals surface area contributed by atoms with Crippen LogP contribution in [0.3, 0.4) is 0 Å². The van der Waals surface area contributed by atoms with Crippen LogP contribution < -0.4 is 10.2 Å². The minimum Gasteiger partial charge on any atom is -0.346 e. The molecule has 2 N–H and O–H groups in total. The Morgan fingerprint density at radius 1 is 1.33 bits per heavy atom. The van der Waals surface area contributed by atoms with Crippen LogP contribution in [0.5, 0.6) is 0 Å². The first kappa shape index (κ1) is 12.2. The largest absolute Gasteiger partial charge is 0.346 e. The molecule has 1 aromatic carbocycles. The number of amides is 1. The SMILES string of the molecule is C[NH+](C)CCNC(=O)c1ccc(Br)cc1. The maximum absolute atomic E-state index is 11.6. The van der Waals surface area contributed by atoms with Crippen molar-refractivity contribution in [2.75, 3.05) is 27.2 Å². The van der Waals surface area contributed by atoms with E-state index in [0.717, 1.165) is 11.0 Å². The zero-order valence-corrected chi connectivity index (χ0v) is 10.6. The molecular weight excluding hydrogens is 256 g/mol. The summed E-state index contributed by atoms with van der Waals surface area (Å²) in [5, 5.41) is 2.87. The minimum absolute atomic E-state index is 0.0104. The van der Waals surface area contributed by atoms with Crippen molar-refractivity contribution in [1.29, 1.82) is 0 Å². The first-order valence-electron chi connectivity index (χ1n) is 4.92. The highest BCUT2D eigenvalue weighted by Gasteiger charge is 2.04. The van der Waals surface area contributed by atoms with Gasteiger partial charge in [-0.05, 0) is 24.3 Å². The van der Waals surface area contributed by atoms with Crippen LogP contribution in [0.2, 0.25) is 0 Å². The Balaban J connectivity index is 2.43. The lowest BCUT2D eigenvalue weighted by molar-refractivity contribution is -0.856. The van der Waals surface area contributed by atoms with Crippen LogP contribution in [0.25, 0.3) is 0 Å². The maximum Gasteiger partial charge on any atom is 0.251 e. The Morgan fingerprint density at radius 2 is 1.93 bits per heavy atom. The summed E-state index contributed by atoms with van der Waals surface area (Å²) >= 11 is 3.33. The fourth-order valence-electron chi connectivity index (χ4n) is 1.13. The molecule has 0 radical (unpaired) electrons. The van der Waals surface area contributed by atoms with E-state index in [1.165, 1.54) is 4.90 Å². The van der Waals surface area contributed by atoms with Crippen LogP contribution in [0.1, 0.15) is 10.4 Å². The highest BCUT2D eigenvalue weighted by Crippen LogP contribution is 2.10. The van der Waals surface area contributed by atoms with Crippen LogP contribution in [-0.2, 0) is 0 Å². The number of carbonyl (C=O) groups excluding carboxylic acids is 1. The molecule has 0 fully saturated rings. The van der Waals surface area contributed by atoms with Crippen molar-refractivity contribution < 1.29 is 9.69 Å². The fraction of sp³-hybridized carbons (Fsp3) is 0.364. The quantitative estimate of drug-likeness (QED) is 0.813.